The quantitative estimate of drug-likeness (QED) is 0.0308. The molecule has 2 aromatic heterocycles. The summed E-state index contributed by atoms with van der Waals surface area (Å²) >= 11 is 0. The average Bonchev–Trinajstić information content (AvgIpc) is 0.720. The number of hydrogen-bond donors (Lipinski definition) is 0. The van der Waals surface area contributed by atoms with E-state index in [1.807, 2.05) is 19.9 Å². The van der Waals surface area contributed by atoms with Crippen molar-refractivity contribution in [3.8, 4) is 58.7 Å². The van der Waals surface area contributed by atoms with E-state index in [-0.39, 0.29) is 0 Å². The third kappa shape index (κ3) is 17.3. The predicted molar refractivity (Wildman–Crippen MR) is 276 cm³/mol. The second-order valence-corrected chi connectivity index (χ2v) is 25.6. The first-order valence-electron chi connectivity index (χ1n) is 31.1. The monoisotopic (exact) mass is 2210 g/mol. The molecule has 2 aromatic carbocycles. The van der Waals surface area contributed by atoms with Crippen molar-refractivity contribution in [3.63, 3.8) is 0 Å². The van der Waals surface area contributed by atoms with Gasteiger partial charge in [-0.1, -0.05) is 0 Å². The van der Waals surface area contributed by atoms with Gasteiger partial charge in [-0.3, -0.25) is 0 Å². The van der Waals surface area contributed by atoms with Gasteiger partial charge in [0.15, 0.2) is 49.7 Å². The van der Waals surface area contributed by atoms with Crippen LogP contribution in [0.1, 0.15) is 0 Å². The minimum absolute atomic E-state index is 1.75. The number of ether oxygens (including phenoxy) is 6. The van der Waals surface area contributed by atoms with Gasteiger partial charge in [0.25, 0.3) is 0 Å². The molecular weight excluding hydrogens is 2200 g/mol. The Morgan fingerprint density at radius 1 is 0.159 bits per heavy atom. The molecule has 138 heavy (non-hydrogen) atoms. The van der Waals surface area contributed by atoms with E-state index in [1.165, 1.54) is 0 Å². The lowest BCUT2D eigenvalue weighted by Crippen LogP contribution is -2.74. The Labute approximate surface area is 698 Å². The molecule has 4 aromatic rings. The molecule has 0 bridgehead atoms. The van der Waals surface area contributed by atoms with E-state index in [1.54, 1.807) is 9.97 Å². The standard InChI is InChI=1S/C54H12F72N6O6/c55-7-5(8(56)12(60)15(11(7)59)137-25-129-21(133-1-27(71,72)35(87,88)43(103,104)51(119,120)47(111,112)39(95,96)31(79,80)17(63)64)127-22(130-25)134-2-28(73,74)36(89,90)44(105,106)52(121,122)48(113,114)40(97,98)32(81,82)18(65)66)6-9(57)13(61)16(14(62)10(6)58)138-26-131-23(135-3-29(75,76)37(91,92)45(107,108)53(123,124)49(115,116)41(99,100)33(83,84)19(67)68)128-24(132-26)136-4-30(77,78)38(93,94)46(109,110)54(125,126)50(117,118)42(101,102)34(85,86)20(69)70/h17-20H,1-4H2. The highest BCUT2D eigenvalue weighted by Gasteiger charge is 2.99. The van der Waals surface area contributed by atoms with Crippen molar-refractivity contribution in [1.29, 1.82) is 0 Å². The van der Waals surface area contributed by atoms with Crippen LogP contribution in [0.15, 0.2) is 0 Å². The molecule has 4 rings (SSSR count). The number of aromatic nitrogens is 6. The highest BCUT2D eigenvalue weighted by molar-refractivity contribution is 5.69. The molecule has 12 nitrogen and oxygen atoms in total. The fraction of sp³-hybridized carbons (Fsp3) is 0.667. The van der Waals surface area contributed by atoms with Crippen molar-refractivity contribution in [2.45, 2.75) is 192 Å². The SMILES string of the molecule is Fc1c(F)c(-c2c(F)c(F)c(Oc3nc(OCC(F)(F)C(F)(F)C(F)(F)C(F)(F)C(F)(F)C(F)(F)C(F)(F)C(F)F)nc(OCC(F)(F)C(F)(F)C(F)(F)C(F)(F)C(F)(F)C(F)(F)C(F)(F)C(F)F)n3)c(F)c2F)c(F)c(F)c1Oc1nc(OCC(F)(F)C(F)(F)C(F)(F)C(F)(F)C(F)(F)C(F)(F)C(F)(F)C(F)F)nc(OCC(F)(F)C(F)(F)C(F)(F)C(F)(F)C(F)(F)C(F)(F)C(F)(F)C(F)F)n1. The van der Waals surface area contributed by atoms with Gasteiger partial charge >= 0.3 is 228 Å². The van der Waals surface area contributed by atoms with Gasteiger partial charge < -0.3 is 28.4 Å². The number of benzene rings is 2. The van der Waals surface area contributed by atoms with E-state index < -0.39 is 323 Å². The van der Waals surface area contributed by atoms with Gasteiger partial charge in [0.05, 0.1) is 11.1 Å². The number of hydrogen-bond acceptors (Lipinski definition) is 12. The topological polar surface area (TPSA) is 133 Å². The van der Waals surface area contributed by atoms with E-state index in [9.17, 15) is 281 Å². The van der Waals surface area contributed by atoms with Crippen molar-refractivity contribution < 1.29 is 345 Å². The molecule has 0 spiro atoms. The summed E-state index contributed by atoms with van der Waals surface area (Å²) in [5, 5.41) is 0. The molecular formula is C54H12F72N6O6. The van der Waals surface area contributed by atoms with Crippen LogP contribution in [0.5, 0.6) is 47.6 Å². The van der Waals surface area contributed by atoms with Crippen LogP contribution >= 0.6 is 0 Å². The summed E-state index contributed by atoms with van der Waals surface area (Å²) in [6.45, 7) is -18.7. The van der Waals surface area contributed by atoms with Gasteiger partial charge in [0.2, 0.25) is 34.8 Å². The van der Waals surface area contributed by atoms with Crippen LogP contribution in [0.25, 0.3) is 11.1 Å². The van der Waals surface area contributed by atoms with Crippen molar-refractivity contribution in [3.05, 3.63) is 46.5 Å². The fourth-order valence-corrected chi connectivity index (χ4v) is 8.67. The maximum Gasteiger partial charge on any atom is 0.385 e. The van der Waals surface area contributed by atoms with E-state index in [2.05, 4.69) is 28.4 Å². The Hall–Kier alpha value is -9.78. The minimum Gasteiger partial charge on any atom is -0.457 e. The summed E-state index contributed by atoms with van der Waals surface area (Å²) in [5.41, 5.74) is -7.57. The second-order valence-electron chi connectivity index (χ2n) is 25.6. The smallest absolute Gasteiger partial charge is 0.385 e. The molecule has 0 N–H and O–H groups in total. The van der Waals surface area contributed by atoms with Gasteiger partial charge in [-0.2, -0.15) is 263 Å². The van der Waals surface area contributed by atoms with Crippen LogP contribution in [-0.4, -0.2) is 248 Å². The summed E-state index contributed by atoms with van der Waals surface area (Å²) in [4.78, 5) is 11.0. The Kier molecular flexibility index (Phi) is 30.7. The van der Waals surface area contributed by atoms with Crippen molar-refractivity contribution >= 4 is 0 Å². The summed E-state index contributed by atoms with van der Waals surface area (Å²) in [6, 6.07) is -21.0. The predicted octanol–water partition coefficient (Wildman–Crippen LogP) is 24.8. The number of rotatable bonds is 45. The summed E-state index contributed by atoms with van der Waals surface area (Å²) in [7, 11) is 0. The molecule has 0 saturated heterocycles. The minimum atomic E-state index is -9.45. The maximum atomic E-state index is 15.9. The van der Waals surface area contributed by atoms with Crippen LogP contribution in [-0.2, 0) is 0 Å². The molecule has 798 valence electrons. The number of alkyl halides is 64. The molecule has 0 aliphatic rings. The summed E-state index contributed by atoms with van der Waals surface area (Å²) in [5.74, 6) is -290. The van der Waals surface area contributed by atoms with E-state index >= 15 is 35.1 Å². The highest BCUT2D eigenvalue weighted by Crippen LogP contribution is 2.69. The zero-order chi connectivity index (χ0) is 110. The van der Waals surface area contributed by atoms with Crippen molar-refractivity contribution in [2.24, 2.45) is 0 Å². The lowest BCUT2D eigenvalue weighted by Gasteiger charge is -2.42. The second kappa shape index (κ2) is 35.1. The van der Waals surface area contributed by atoms with Gasteiger partial charge in [-0.15, -0.1) is 29.9 Å². The van der Waals surface area contributed by atoms with Crippen LogP contribution in [0.3, 0.4) is 0 Å². The van der Waals surface area contributed by atoms with E-state index in [4.69, 9.17) is 0 Å². The molecule has 0 amide bonds. The molecule has 0 aliphatic heterocycles. The molecule has 0 aliphatic carbocycles. The van der Waals surface area contributed by atoms with E-state index in [0.717, 1.165) is 0 Å². The Morgan fingerprint density at radius 3 is 0.406 bits per heavy atom. The lowest BCUT2D eigenvalue weighted by atomic mass is 9.89. The Balaban J connectivity index is 2.08. The van der Waals surface area contributed by atoms with Gasteiger partial charge in [-0.25, -0.2) is 52.7 Å². The molecule has 0 saturated carbocycles. The number of halogens is 72. The van der Waals surface area contributed by atoms with E-state index in [0.29, 0.717) is 0 Å². The van der Waals surface area contributed by atoms with Gasteiger partial charge in [-0.05, 0) is 0 Å². The third-order valence-corrected chi connectivity index (χ3v) is 16.7. The molecule has 84 heteroatoms. The summed E-state index contributed by atoms with van der Waals surface area (Å²) in [6.07, 6.45) is -26.1. The third-order valence-electron chi connectivity index (χ3n) is 16.7. The lowest BCUT2D eigenvalue weighted by molar-refractivity contribution is -0.447. The molecule has 0 unspecified atom stereocenters. The fourth-order valence-electron chi connectivity index (χ4n) is 8.67. The van der Waals surface area contributed by atoms with Gasteiger partial charge in [0.1, 0.15) is 0 Å². The summed E-state index contributed by atoms with van der Waals surface area (Å²) < 4.78 is 1040. The van der Waals surface area contributed by atoms with Crippen molar-refractivity contribution in [1.82, 2.24) is 29.9 Å². The van der Waals surface area contributed by atoms with Crippen molar-refractivity contribution in [2.75, 3.05) is 26.4 Å². The first kappa shape index (κ1) is 121. The zero-order valence-corrected chi connectivity index (χ0v) is 60.5. The van der Waals surface area contributed by atoms with Crippen LogP contribution < -0.4 is 28.4 Å². The number of nitrogens with zero attached hydrogens (tertiary/aromatic N) is 6. The maximum absolute atomic E-state index is 15.9. The first-order chi connectivity index (χ1) is 60.3. The van der Waals surface area contributed by atoms with Crippen LogP contribution in [0, 0.1) is 46.5 Å². The molecule has 0 fully saturated rings. The van der Waals surface area contributed by atoms with Crippen LogP contribution in [0.2, 0.25) is 0 Å². The normalized spacial score (nSPS) is 15.5. The Morgan fingerprint density at radius 2 is 0.275 bits per heavy atom. The molecule has 2 heterocycles. The zero-order valence-electron chi connectivity index (χ0n) is 60.5. The molecule has 0 radical (unpaired) electrons. The molecule has 0 atom stereocenters. The van der Waals surface area contributed by atoms with Gasteiger partial charge in [0, 0.05) is 0 Å². The largest absolute Gasteiger partial charge is 0.457 e. The van der Waals surface area contributed by atoms with Crippen LogP contribution in [0.4, 0.5) is 316 Å². The average molecular weight is 2210 g/mol. The first-order valence-corrected chi connectivity index (χ1v) is 31.1. The highest BCUT2D eigenvalue weighted by atomic mass is 19.4. The Bertz CT molecular complexity index is 4470.